The molecule has 0 aliphatic heterocycles. The molecule has 0 radical (unpaired) electrons. The first-order valence-electron chi connectivity index (χ1n) is 6.01. The van der Waals surface area contributed by atoms with E-state index in [1.807, 2.05) is 0 Å². The summed E-state index contributed by atoms with van der Waals surface area (Å²) in [6.45, 7) is 20.9. The van der Waals surface area contributed by atoms with E-state index in [4.69, 9.17) is 0 Å². The predicted octanol–water partition coefficient (Wildman–Crippen LogP) is 4.18. The average Bonchev–Trinajstić information content (AvgIpc) is 1.76. The van der Waals surface area contributed by atoms with Crippen LogP contribution in [0.1, 0.15) is 62.3 Å². The summed E-state index contributed by atoms with van der Waals surface area (Å²) in [6.07, 6.45) is 0. The molecule has 0 amide bonds. The highest BCUT2D eigenvalue weighted by molar-refractivity contribution is 4.94. The van der Waals surface area contributed by atoms with Crippen molar-refractivity contribution in [1.29, 1.82) is 0 Å². The van der Waals surface area contributed by atoms with Crippen molar-refractivity contribution in [3.05, 3.63) is 0 Å². The Labute approximate surface area is 97.2 Å². The predicted molar refractivity (Wildman–Crippen MR) is 70.2 cm³/mol. The van der Waals surface area contributed by atoms with Crippen LogP contribution in [0, 0.1) is 10.8 Å². The zero-order valence-electron chi connectivity index (χ0n) is 12.5. The molecule has 0 fully saturated rings. The van der Waals surface area contributed by atoms with Gasteiger partial charge in [0.05, 0.1) is 0 Å². The molecule has 0 unspecified atom stereocenters. The van der Waals surface area contributed by atoms with Gasteiger partial charge < -0.3 is 0 Å². The molecule has 0 aromatic carbocycles. The molecule has 0 saturated heterocycles. The molecule has 0 saturated carbocycles. The van der Waals surface area contributed by atoms with Crippen LogP contribution in [0.5, 0.6) is 0 Å². The van der Waals surface area contributed by atoms with Crippen molar-refractivity contribution < 1.29 is 0 Å². The van der Waals surface area contributed by atoms with Crippen molar-refractivity contribution in [2.75, 3.05) is 7.05 Å². The first-order chi connectivity index (χ1) is 6.28. The van der Waals surface area contributed by atoms with Crippen molar-refractivity contribution in [3.8, 4) is 0 Å². The Bertz CT molecular complexity index is 183. The number of nitrogens with zero attached hydrogens (tertiary/aromatic N) is 1. The average molecular weight is 213 g/mol. The van der Waals surface area contributed by atoms with E-state index in [0.29, 0.717) is 16.9 Å². The third-order valence-corrected chi connectivity index (χ3v) is 3.09. The standard InChI is InChI=1S/C14H31N/c1-12(2,3)11(13(4,5)6)15(10)14(7,8)9/h11H,1-10H3. The minimum absolute atomic E-state index is 0.227. The largest absolute Gasteiger partial charge is 0.298 e. The molecule has 92 valence electrons. The van der Waals surface area contributed by atoms with Gasteiger partial charge in [0.25, 0.3) is 0 Å². The number of hydrogen-bond donors (Lipinski definition) is 0. The van der Waals surface area contributed by atoms with E-state index in [2.05, 4.69) is 74.3 Å². The van der Waals surface area contributed by atoms with Gasteiger partial charge in [0.15, 0.2) is 0 Å². The second kappa shape index (κ2) is 4.08. The lowest BCUT2D eigenvalue weighted by atomic mass is 9.70. The molecular weight excluding hydrogens is 182 g/mol. The van der Waals surface area contributed by atoms with Crippen LogP contribution in [0.3, 0.4) is 0 Å². The quantitative estimate of drug-likeness (QED) is 0.631. The maximum Gasteiger partial charge on any atom is 0.0194 e. The van der Waals surface area contributed by atoms with Gasteiger partial charge in [0, 0.05) is 11.6 Å². The lowest BCUT2D eigenvalue weighted by molar-refractivity contribution is -0.0179. The monoisotopic (exact) mass is 213 g/mol. The SMILES string of the molecule is CN(C(C(C)(C)C)C(C)(C)C)C(C)(C)C. The summed E-state index contributed by atoms with van der Waals surface area (Å²) in [5.41, 5.74) is 0.839. The molecule has 0 aliphatic rings. The maximum atomic E-state index is 2.52. The second-order valence-electron chi connectivity index (χ2n) is 7.92. The first-order valence-corrected chi connectivity index (χ1v) is 6.01. The smallest absolute Gasteiger partial charge is 0.0194 e. The van der Waals surface area contributed by atoms with E-state index in [9.17, 15) is 0 Å². The summed E-state index contributed by atoms with van der Waals surface area (Å²) in [5.74, 6) is 0. The van der Waals surface area contributed by atoms with E-state index >= 15 is 0 Å². The highest BCUT2D eigenvalue weighted by atomic mass is 15.2. The van der Waals surface area contributed by atoms with E-state index < -0.39 is 0 Å². The van der Waals surface area contributed by atoms with E-state index in [1.54, 1.807) is 0 Å². The Morgan fingerprint density at radius 3 is 1.00 bits per heavy atom. The molecule has 0 spiro atoms. The summed E-state index contributed by atoms with van der Waals surface area (Å²) in [7, 11) is 2.25. The van der Waals surface area contributed by atoms with Crippen LogP contribution in [-0.2, 0) is 0 Å². The van der Waals surface area contributed by atoms with Gasteiger partial charge >= 0.3 is 0 Å². The molecule has 15 heavy (non-hydrogen) atoms. The Morgan fingerprint density at radius 1 is 0.667 bits per heavy atom. The summed E-state index contributed by atoms with van der Waals surface area (Å²) < 4.78 is 0. The van der Waals surface area contributed by atoms with E-state index in [-0.39, 0.29) is 5.54 Å². The molecule has 0 N–H and O–H groups in total. The van der Waals surface area contributed by atoms with Crippen LogP contribution in [0.4, 0.5) is 0 Å². The first kappa shape index (κ1) is 15.0. The van der Waals surface area contributed by atoms with Gasteiger partial charge in [0.2, 0.25) is 0 Å². The van der Waals surface area contributed by atoms with Crippen LogP contribution >= 0.6 is 0 Å². The van der Waals surface area contributed by atoms with Crippen LogP contribution in [0.15, 0.2) is 0 Å². The highest BCUT2D eigenvalue weighted by Crippen LogP contribution is 2.39. The van der Waals surface area contributed by atoms with Gasteiger partial charge in [-0.15, -0.1) is 0 Å². The zero-order valence-corrected chi connectivity index (χ0v) is 12.5. The van der Waals surface area contributed by atoms with Gasteiger partial charge in [-0.2, -0.15) is 0 Å². The fraction of sp³-hybridized carbons (Fsp3) is 1.00. The molecule has 1 heteroatoms. The third-order valence-electron chi connectivity index (χ3n) is 3.09. The molecule has 0 aliphatic carbocycles. The Balaban J connectivity index is 5.16. The zero-order chi connectivity index (χ0) is 12.7. The van der Waals surface area contributed by atoms with Gasteiger partial charge in [-0.05, 0) is 38.6 Å². The van der Waals surface area contributed by atoms with Gasteiger partial charge in [-0.3, -0.25) is 4.90 Å². The van der Waals surface area contributed by atoms with Crippen LogP contribution in [0.2, 0.25) is 0 Å². The minimum atomic E-state index is 0.227. The van der Waals surface area contributed by atoms with Gasteiger partial charge in [0.1, 0.15) is 0 Å². The lowest BCUT2D eigenvalue weighted by Gasteiger charge is -2.51. The fourth-order valence-electron chi connectivity index (χ4n) is 2.85. The summed E-state index contributed by atoms with van der Waals surface area (Å²) in [6, 6.07) is 0.574. The Hall–Kier alpha value is -0.0400. The third kappa shape index (κ3) is 4.14. The van der Waals surface area contributed by atoms with Crippen LogP contribution in [-0.4, -0.2) is 23.5 Å². The molecule has 0 atom stereocenters. The van der Waals surface area contributed by atoms with Gasteiger partial charge in [-0.1, -0.05) is 41.5 Å². The fourth-order valence-corrected chi connectivity index (χ4v) is 2.85. The number of rotatable bonds is 1. The highest BCUT2D eigenvalue weighted by Gasteiger charge is 2.41. The molecule has 0 bridgehead atoms. The summed E-state index contributed by atoms with van der Waals surface area (Å²) in [4.78, 5) is 2.52. The molecule has 0 aromatic rings. The van der Waals surface area contributed by atoms with Crippen molar-refractivity contribution in [3.63, 3.8) is 0 Å². The van der Waals surface area contributed by atoms with Crippen LogP contribution in [0.25, 0.3) is 0 Å². The normalized spacial score (nSPS) is 15.2. The van der Waals surface area contributed by atoms with E-state index in [1.165, 1.54) is 0 Å². The molecule has 0 rings (SSSR count). The molecule has 1 nitrogen and oxygen atoms in total. The summed E-state index contributed by atoms with van der Waals surface area (Å²) in [5, 5.41) is 0. The Kier molecular flexibility index (Phi) is 4.07. The molecular formula is C14H31N. The van der Waals surface area contributed by atoms with Crippen LogP contribution < -0.4 is 0 Å². The topological polar surface area (TPSA) is 3.24 Å². The van der Waals surface area contributed by atoms with Gasteiger partial charge in [-0.25, -0.2) is 0 Å². The number of hydrogen-bond acceptors (Lipinski definition) is 1. The Morgan fingerprint density at radius 2 is 0.933 bits per heavy atom. The van der Waals surface area contributed by atoms with Crippen molar-refractivity contribution in [1.82, 2.24) is 4.90 Å². The molecule has 0 aromatic heterocycles. The maximum absolute atomic E-state index is 2.52. The van der Waals surface area contributed by atoms with E-state index in [0.717, 1.165) is 0 Å². The second-order valence-corrected chi connectivity index (χ2v) is 7.92. The molecule has 0 heterocycles. The minimum Gasteiger partial charge on any atom is -0.298 e. The van der Waals surface area contributed by atoms with Crippen molar-refractivity contribution >= 4 is 0 Å². The lowest BCUT2D eigenvalue weighted by Crippen LogP contribution is -2.56. The van der Waals surface area contributed by atoms with Crippen molar-refractivity contribution in [2.24, 2.45) is 10.8 Å². The summed E-state index contributed by atoms with van der Waals surface area (Å²) >= 11 is 0. The van der Waals surface area contributed by atoms with Crippen molar-refractivity contribution in [2.45, 2.75) is 73.9 Å².